The van der Waals surface area contributed by atoms with E-state index in [0.717, 1.165) is 32.1 Å². The smallest absolute Gasteiger partial charge is 0.220 e. The van der Waals surface area contributed by atoms with Crippen LogP contribution in [0.4, 0.5) is 0 Å². The zero-order chi connectivity index (χ0) is 14.5. The van der Waals surface area contributed by atoms with Crippen molar-refractivity contribution in [1.29, 1.82) is 0 Å². The molecule has 120 valence electrons. The zero-order valence-electron chi connectivity index (χ0n) is 12.4. The van der Waals surface area contributed by atoms with E-state index in [2.05, 4.69) is 12.2 Å². The van der Waals surface area contributed by atoms with E-state index in [1.54, 1.807) is 0 Å². The van der Waals surface area contributed by atoms with Crippen LogP contribution in [0.2, 0.25) is 0 Å². The minimum absolute atomic E-state index is 0. The number of carbonyl (C=O) groups is 1. The Morgan fingerprint density at radius 3 is 2.40 bits per heavy atom. The molecule has 0 radical (unpaired) electrons. The standard InChI is InChI=1S/C13H26N2O3S.ClH/c1-3-4-5-11(9-14)15-12(16)8-13(6-7-13)10-19(2,17)18;/h11H,3-10,14H2,1-2H3,(H,15,16);1H. The maximum Gasteiger partial charge on any atom is 0.220 e. The Morgan fingerprint density at radius 1 is 1.40 bits per heavy atom. The summed E-state index contributed by atoms with van der Waals surface area (Å²) >= 11 is 0. The molecule has 5 nitrogen and oxygen atoms in total. The van der Waals surface area contributed by atoms with Gasteiger partial charge in [0.05, 0.1) is 5.75 Å². The van der Waals surface area contributed by atoms with Gasteiger partial charge in [0.15, 0.2) is 0 Å². The van der Waals surface area contributed by atoms with Gasteiger partial charge in [-0.2, -0.15) is 0 Å². The molecule has 1 rings (SSSR count). The van der Waals surface area contributed by atoms with Crippen LogP contribution in [-0.4, -0.2) is 38.9 Å². The molecule has 1 aliphatic carbocycles. The number of nitrogens with one attached hydrogen (secondary N) is 1. The molecule has 0 heterocycles. The third-order valence-corrected chi connectivity index (χ3v) is 4.75. The number of amides is 1. The first-order valence-electron chi connectivity index (χ1n) is 6.97. The van der Waals surface area contributed by atoms with Gasteiger partial charge in [-0.1, -0.05) is 19.8 Å². The van der Waals surface area contributed by atoms with Crippen LogP contribution in [0, 0.1) is 5.41 Å². The van der Waals surface area contributed by atoms with E-state index in [1.165, 1.54) is 6.26 Å². The number of halogens is 1. The van der Waals surface area contributed by atoms with Crippen LogP contribution in [0.1, 0.15) is 45.4 Å². The van der Waals surface area contributed by atoms with E-state index in [4.69, 9.17) is 5.73 Å². The fourth-order valence-corrected chi connectivity index (χ4v) is 3.93. The average Bonchev–Trinajstić information content (AvgIpc) is 3.00. The largest absolute Gasteiger partial charge is 0.352 e. The Kier molecular flexibility index (Phi) is 8.06. The number of unbranched alkanes of at least 4 members (excludes halogenated alkanes) is 1. The molecule has 0 aliphatic heterocycles. The van der Waals surface area contributed by atoms with Gasteiger partial charge in [-0.05, 0) is 24.7 Å². The average molecular weight is 327 g/mol. The summed E-state index contributed by atoms with van der Waals surface area (Å²) in [4.78, 5) is 12.0. The monoisotopic (exact) mass is 326 g/mol. The fraction of sp³-hybridized carbons (Fsp3) is 0.923. The highest BCUT2D eigenvalue weighted by Crippen LogP contribution is 2.49. The molecule has 0 saturated heterocycles. The molecule has 0 aromatic carbocycles. The van der Waals surface area contributed by atoms with E-state index in [-0.39, 0.29) is 35.5 Å². The lowest BCUT2D eigenvalue weighted by Crippen LogP contribution is -2.41. The van der Waals surface area contributed by atoms with Gasteiger partial charge in [0.1, 0.15) is 9.84 Å². The summed E-state index contributed by atoms with van der Waals surface area (Å²) in [6.07, 6.45) is 6.20. The maximum atomic E-state index is 12.0. The van der Waals surface area contributed by atoms with Gasteiger partial charge in [0.25, 0.3) is 0 Å². The van der Waals surface area contributed by atoms with Crippen molar-refractivity contribution in [1.82, 2.24) is 5.32 Å². The predicted octanol–water partition coefficient (Wildman–Crippen LogP) is 1.26. The highest BCUT2D eigenvalue weighted by Gasteiger charge is 2.46. The highest BCUT2D eigenvalue weighted by molar-refractivity contribution is 7.90. The van der Waals surface area contributed by atoms with Crippen molar-refractivity contribution in [2.24, 2.45) is 11.1 Å². The molecule has 1 atom stereocenters. The molecule has 1 aliphatic rings. The Bertz CT molecular complexity index is 408. The Labute approximate surface area is 128 Å². The summed E-state index contributed by atoms with van der Waals surface area (Å²) in [6.45, 7) is 2.53. The SMILES string of the molecule is CCCCC(CN)NC(=O)CC1(CS(C)(=O)=O)CC1.Cl. The summed E-state index contributed by atoms with van der Waals surface area (Å²) in [6, 6.07) is 0.0153. The molecule has 1 amide bonds. The van der Waals surface area contributed by atoms with E-state index in [0.29, 0.717) is 13.0 Å². The topological polar surface area (TPSA) is 89.3 Å². The minimum Gasteiger partial charge on any atom is -0.352 e. The molecule has 1 fully saturated rings. The summed E-state index contributed by atoms with van der Waals surface area (Å²) in [5.41, 5.74) is 5.33. The van der Waals surface area contributed by atoms with Crippen LogP contribution in [-0.2, 0) is 14.6 Å². The molecular formula is C13H27ClN2O3S. The molecule has 7 heteroatoms. The number of hydrogen-bond acceptors (Lipinski definition) is 4. The first-order chi connectivity index (χ1) is 8.80. The number of carbonyl (C=O) groups excluding carboxylic acids is 1. The fourth-order valence-electron chi connectivity index (χ4n) is 2.42. The van der Waals surface area contributed by atoms with Crippen molar-refractivity contribution in [3.8, 4) is 0 Å². The molecule has 20 heavy (non-hydrogen) atoms. The van der Waals surface area contributed by atoms with Crippen LogP contribution in [0.25, 0.3) is 0 Å². The van der Waals surface area contributed by atoms with Gasteiger partial charge >= 0.3 is 0 Å². The third kappa shape index (κ3) is 7.45. The molecule has 3 N–H and O–H groups in total. The summed E-state index contributed by atoms with van der Waals surface area (Å²) in [5.74, 6) is 0.0584. The second-order valence-electron chi connectivity index (χ2n) is 5.89. The normalized spacial score (nSPS) is 17.9. The van der Waals surface area contributed by atoms with E-state index >= 15 is 0 Å². The number of hydrogen-bond donors (Lipinski definition) is 2. The van der Waals surface area contributed by atoms with Crippen LogP contribution in [0.15, 0.2) is 0 Å². The molecule has 1 saturated carbocycles. The summed E-state index contributed by atoms with van der Waals surface area (Å²) in [7, 11) is -3.02. The van der Waals surface area contributed by atoms with Crippen molar-refractivity contribution < 1.29 is 13.2 Å². The Balaban J connectivity index is 0.00000361. The van der Waals surface area contributed by atoms with Crippen molar-refractivity contribution in [3.63, 3.8) is 0 Å². The number of nitrogens with two attached hydrogens (primary N) is 1. The van der Waals surface area contributed by atoms with Gasteiger partial charge in [0, 0.05) is 25.3 Å². The van der Waals surface area contributed by atoms with E-state index in [9.17, 15) is 13.2 Å². The second kappa shape index (κ2) is 8.20. The lowest BCUT2D eigenvalue weighted by molar-refractivity contribution is -0.122. The van der Waals surface area contributed by atoms with Crippen molar-refractivity contribution in [3.05, 3.63) is 0 Å². The molecule has 0 spiro atoms. The Hall–Kier alpha value is -0.330. The Morgan fingerprint density at radius 2 is 2.00 bits per heavy atom. The van der Waals surface area contributed by atoms with Gasteiger partial charge in [0.2, 0.25) is 5.91 Å². The number of sulfone groups is 1. The third-order valence-electron chi connectivity index (χ3n) is 3.62. The van der Waals surface area contributed by atoms with Crippen molar-refractivity contribution in [2.45, 2.75) is 51.5 Å². The molecule has 0 aromatic heterocycles. The predicted molar refractivity (Wildman–Crippen MR) is 83.8 cm³/mol. The first kappa shape index (κ1) is 19.7. The summed E-state index contributed by atoms with van der Waals surface area (Å²) in [5, 5.41) is 2.92. The summed E-state index contributed by atoms with van der Waals surface area (Å²) < 4.78 is 22.7. The highest BCUT2D eigenvalue weighted by atomic mass is 35.5. The zero-order valence-corrected chi connectivity index (χ0v) is 14.0. The quantitative estimate of drug-likeness (QED) is 0.667. The second-order valence-corrected chi connectivity index (χ2v) is 8.03. The molecular weight excluding hydrogens is 300 g/mol. The van der Waals surface area contributed by atoms with Crippen LogP contribution >= 0.6 is 12.4 Å². The van der Waals surface area contributed by atoms with Gasteiger partial charge in [-0.25, -0.2) is 8.42 Å². The van der Waals surface area contributed by atoms with Gasteiger partial charge in [-0.15, -0.1) is 12.4 Å². The van der Waals surface area contributed by atoms with E-state index < -0.39 is 9.84 Å². The lowest BCUT2D eigenvalue weighted by Gasteiger charge is -2.19. The minimum atomic E-state index is -3.02. The van der Waals surface area contributed by atoms with Crippen LogP contribution in [0.5, 0.6) is 0 Å². The molecule has 0 bridgehead atoms. The van der Waals surface area contributed by atoms with Crippen molar-refractivity contribution >= 4 is 28.2 Å². The van der Waals surface area contributed by atoms with Crippen LogP contribution in [0.3, 0.4) is 0 Å². The maximum absolute atomic E-state index is 12.0. The first-order valence-corrected chi connectivity index (χ1v) is 9.03. The van der Waals surface area contributed by atoms with E-state index in [1.807, 2.05) is 0 Å². The van der Waals surface area contributed by atoms with Gasteiger partial charge in [-0.3, -0.25) is 4.79 Å². The van der Waals surface area contributed by atoms with Gasteiger partial charge < -0.3 is 11.1 Å². The lowest BCUT2D eigenvalue weighted by atomic mass is 10.0. The molecule has 1 unspecified atom stereocenters. The van der Waals surface area contributed by atoms with Crippen molar-refractivity contribution in [2.75, 3.05) is 18.6 Å². The molecule has 0 aromatic rings. The van der Waals surface area contributed by atoms with Crippen LogP contribution < -0.4 is 11.1 Å². The number of rotatable bonds is 9.